The van der Waals surface area contributed by atoms with E-state index in [1.165, 1.54) is 5.56 Å². The summed E-state index contributed by atoms with van der Waals surface area (Å²) in [7, 11) is 0. The van der Waals surface area contributed by atoms with Gasteiger partial charge < -0.3 is 14.8 Å². The zero-order valence-electron chi connectivity index (χ0n) is 13.9. The van der Waals surface area contributed by atoms with Gasteiger partial charge in [0.25, 0.3) is 0 Å². The molecule has 0 amide bonds. The van der Waals surface area contributed by atoms with Crippen molar-refractivity contribution in [1.82, 2.24) is 10.3 Å². The first-order valence-electron chi connectivity index (χ1n) is 8.01. The van der Waals surface area contributed by atoms with Crippen LogP contribution < -0.4 is 10.1 Å². The maximum atomic E-state index is 5.61. The number of ether oxygens (including phenoxy) is 2. The fraction of sp³-hybridized carbons (Fsp3) is 0.706. The highest BCUT2D eigenvalue weighted by atomic mass is 16.5. The van der Waals surface area contributed by atoms with Gasteiger partial charge in [0.15, 0.2) is 0 Å². The molecule has 0 saturated carbocycles. The van der Waals surface area contributed by atoms with Crippen molar-refractivity contribution >= 4 is 0 Å². The Hall–Kier alpha value is -1.13. The molecule has 4 heteroatoms. The molecule has 0 saturated heterocycles. The number of rotatable bonds is 11. The molecule has 0 atom stereocenters. The summed E-state index contributed by atoms with van der Waals surface area (Å²) in [6.07, 6.45) is 2.27. The fourth-order valence-electron chi connectivity index (χ4n) is 1.88. The van der Waals surface area contributed by atoms with Crippen LogP contribution in [0.15, 0.2) is 12.1 Å². The van der Waals surface area contributed by atoms with Crippen molar-refractivity contribution in [3.63, 3.8) is 0 Å². The van der Waals surface area contributed by atoms with Gasteiger partial charge in [0.1, 0.15) is 6.61 Å². The van der Waals surface area contributed by atoms with E-state index in [-0.39, 0.29) is 0 Å². The number of hydrogen-bond donors (Lipinski definition) is 1. The number of aromatic nitrogens is 1. The minimum Gasteiger partial charge on any atom is -0.475 e. The Morgan fingerprint density at radius 2 is 2.00 bits per heavy atom. The molecule has 0 fully saturated rings. The molecule has 0 aliphatic rings. The molecule has 1 rings (SSSR count). The number of unbranched alkanes of at least 4 members (excludes halogenated alkanes) is 1. The number of aryl methyl sites for hydroxylation is 1. The molecular weight excluding hydrogens is 264 g/mol. The van der Waals surface area contributed by atoms with Gasteiger partial charge in [-0.1, -0.05) is 33.3 Å². The smallest absolute Gasteiger partial charge is 0.213 e. The van der Waals surface area contributed by atoms with Crippen LogP contribution in [0.25, 0.3) is 0 Å². The third-order valence-corrected chi connectivity index (χ3v) is 3.16. The van der Waals surface area contributed by atoms with Crippen LogP contribution in [0.5, 0.6) is 5.88 Å². The predicted octanol–water partition coefficient (Wildman–Crippen LogP) is 3.33. The van der Waals surface area contributed by atoms with Crippen LogP contribution in [0.1, 0.15) is 44.9 Å². The molecule has 1 N–H and O–H groups in total. The standard InChI is InChI=1S/C17H30N2O2/c1-5-6-9-20-10-11-21-17-8-7-16(15(4)19-17)13-18-12-14(2)3/h7-8,14,18H,5-6,9-13H2,1-4H3. The van der Waals surface area contributed by atoms with Gasteiger partial charge in [-0.25, -0.2) is 4.98 Å². The average molecular weight is 294 g/mol. The minimum absolute atomic E-state index is 0.557. The van der Waals surface area contributed by atoms with Gasteiger partial charge in [0.2, 0.25) is 5.88 Å². The summed E-state index contributed by atoms with van der Waals surface area (Å²) in [5, 5.41) is 3.43. The number of nitrogens with one attached hydrogen (secondary N) is 1. The molecule has 1 aromatic heterocycles. The van der Waals surface area contributed by atoms with Gasteiger partial charge in [0, 0.05) is 24.9 Å². The van der Waals surface area contributed by atoms with Crippen LogP contribution in [0.4, 0.5) is 0 Å². The lowest BCUT2D eigenvalue weighted by Crippen LogP contribution is -2.19. The fourth-order valence-corrected chi connectivity index (χ4v) is 1.88. The molecule has 0 aliphatic carbocycles. The van der Waals surface area contributed by atoms with Crippen molar-refractivity contribution in [2.75, 3.05) is 26.4 Å². The van der Waals surface area contributed by atoms with Crippen LogP contribution >= 0.6 is 0 Å². The molecule has 120 valence electrons. The van der Waals surface area contributed by atoms with Gasteiger partial charge in [-0.15, -0.1) is 0 Å². The van der Waals surface area contributed by atoms with Crippen molar-refractivity contribution in [3.8, 4) is 5.88 Å². The summed E-state index contributed by atoms with van der Waals surface area (Å²) in [6, 6.07) is 4.02. The Labute approximate surface area is 129 Å². The second kappa shape index (κ2) is 10.6. The van der Waals surface area contributed by atoms with E-state index in [4.69, 9.17) is 9.47 Å². The predicted molar refractivity (Wildman–Crippen MR) is 86.7 cm³/mol. The van der Waals surface area contributed by atoms with E-state index in [0.29, 0.717) is 25.0 Å². The highest BCUT2D eigenvalue weighted by molar-refractivity contribution is 5.24. The van der Waals surface area contributed by atoms with Gasteiger partial charge >= 0.3 is 0 Å². The molecule has 21 heavy (non-hydrogen) atoms. The van der Waals surface area contributed by atoms with E-state index < -0.39 is 0 Å². The topological polar surface area (TPSA) is 43.4 Å². The third kappa shape index (κ3) is 8.02. The molecule has 1 aromatic rings. The third-order valence-electron chi connectivity index (χ3n) is 3.16. The molecule has 0 bridgehead atoms. The Bertz CT molecular complexity index is 394. The zero-order valence-corrected chi connectivity index (χ0v) is 13.9. The average Bonchev–Trinajstić information content (AvgIpc) is 2.44. The Morgan fingerprint density at radius 1 is 1.19 bits per heavy atom. The van der Waals surface area contributed by atoms with E-state index in [2.05, 4.69) is 37.1 Å². The largest absolute Gasteiger partial charge is 0.475 e. The van der Waals surface area contributed by atoms with Crippen LogP contribution in [0, 0.1) is 12.8 Å². The molecular formula is C17H30N2O2. The van der Waals surface area contributed by atoms with Gasteiger partial charge in [-0.05, 0) is 31.4 Å². The summed E-state index contributed by atoms with van der Waals surface area (Å²) in [6.45, 7) is 12.5. The lowest BCUT2D eigenvalue weighted by molar-refractivity contribution is 0.0964. The monoisotopic (exact) mass is 294 g/mol. The van der Waals surface area contributed by atoms with Crippen molar-refractivity contribution < 1.29 is 9.47 Å². The van der Waals surface area contributed by atoms with E-state index in [1.54, 1.807) is 0 Å². The van der Waals surface area contributed by atoms with E-state index >= 15 is 0 Å². The minimum atomic E-state index is 0.557. The Balaban J connectivity index is 2.29. The van der Waals surface area contributed by atoms with E-state index in [9.17, 15) is 0 Å². The highest BCUT2D eigenvalue weighted by Gasteiger charge is 2.03. The molecule has 0 spiro atoms. The first-order valence-corrected chi connectivity index (χ1v) is 8.01. The van der Waals surface area contributed by atoms with Crippen LogP contribution in [0.2, 0.25) is 0 Å². The van der Waals surface area contributed by atoms with E-state index in [1.807, 2.05) is 13.0 Å². The second-order valence-corrected chi connectivity index (χ2v) is 5.73. The molecule has 0 aliphatic heterocycles. The normalized spacial score (nSPS) is 11.1. The zero-order chi connectivity index (χ0) is 15.5. The van der Waals surface area contributed by atoms with E-state index in [0.717, 1.165) is 38.2 Å². The van der Waals surface area contributed by atoms with Crippen LogP contribution in [-0.4, -0.2) is 31.3 Å². The first-order chi connectivity index (χ1) is 10.1. The molecule has 1 heterocycles. The maximum Gasteiger partial charge on any atom is 0.213 e. The van der Waals surface area contributed by atoms with Crippen LogP contribution in [-0.2, 0) is 11.3 Å². The SMILES string of the molecule is CCCCOCCOc1ccc(CNCC(C)C)c(C)n1. The number of pyridine rings is 1. The summed E-state index contributed by atoms with van der Waals surface area (Å²) in [5.74, 6) is 1.34. The van der Waals surface area contributed by atoms with Gasteiger partial charge in [-0.3, -0.25) is 0 Å². The lowest BCUT2D eigenvalue weighted by Gasteiger charge is -2.11. The maximum absolute atomic E-state index is 5.61. The molecule has 4 nitrogen and oxygen atoms in total. The summed E-state index contributed by atoms with van der Waals surface area (Å²) < 4.78 is 11.1. The van der Waals surface area contributed by atoms with Gasteiger partial charge in [0.05, 0.1) is 6.61 Å². The quantitative estimate of drug-likeness (QED) is 0.636. The van der Waals surface area contributed by atoms with Gasteiger partial charge in [-0.2, -0.15) is 0 Å². The lowest BCUT2D eigenvalue weighted by atomic mass is 10.2. The summed E-state index contributed by atoms with van der Waals surface area (Å²) in [5.41, 5.74) is 2.25. The Morgan fingerprint density at radius 3 is 2.67 bits per heavy atom. The molecule has 0 radical (unpaired) electrons. The van der Waals surface area contributed by atoms with Crippen molar-refractivity contribution in [1.29, 1.82) is 0 Å². The Kier molecular flexibility index (Phi) is 9.02. The second-order valence-electron chi connectivity index (χ2n) is 5.73. The van der Waals surface area contributed by atoms with Crippen LogP contribution in [0.3, 0.4) is 0 Å². The van der Waals surface area contributed by atoms with Crippen molar-refractivity contribution in [2.45, 2.75) is 47.1 Å². The molecule has 0 unspecified atom stereocenters. The highest BCUT2D eigenvalue weighted by Crippen LogP contribution is 2.12. The number of hydrogen-bond acceptors (Lipinski definition) is 4. The summed E-state index contributed by atoms with van der Waals surface area (Å²) in [4.78, 5) is 4.49. The number of nitrogens with zero attached hydrogens (tertiary/aromatic N) is 1. The van der Waals surface area contributed by atoms with Crippen molar-refractivity contribution in [3.05, 3.63) is 23.4 Å². The van der Waals surface area contributed by atoms with Crippen molar-refractivity contribution in [2.24, 2.45) is 5.92 Å². The summed E-state index contributed by atoms with van der Waals surface area (Å²) >= 11 is 0. The molecule has 0 aromatic carbocycles. The first kappa shape index (κ1) is 17.9.